The van der Waals surface area contributed by atoms with Crippen molar-refractivity contribution in [3.05, 3.63) is 63.6 Å². The highest BCUT2D eigenvalue weighted by atomic mass is 19.1. The van der Waals surface area contributed by atoms with Crippen LogP contribution in [0.25, 0.3) is 0 Å². The molecule has 0 radical (unpaired) electrons. The summed E-state index contributed by atoms with van der Waals surface area (Å²) in [5.74, 6) is -0.507. The number of carbonyl (C=O) groups excluding carboxylic acids is 1. The van der Waals surface area contributed by atoms with E-state index < -0.39 is 0 Å². The predicted molar refractivity (Wildman–Crippen MR) is 86.7 cm³/mol. The zero-order chi connectivity index (χ0) is 17.1. The van der Waals surface area contributed by atoms with Crippen LogP contribution in [0.2, 0.25) is 0 Å². The maximum absolute atomic E-state index is 13.6. The fourth-order valence-electron chi connectivity index (χ4n) is 2.85. The molecule has 1 amide bonds. The summed E-state index contributed by atoms with van der Waals surface area (Å²) in [5, 5.41) is 2.76. The molecule has 1 aliphatic heterocycles. The van der Waals surface area contributed by atoms with E-state index in [4.69, 9.17) is 0 Å². The van der Waals surface area contributed by atoms with Crippen molar-refractivity contribution in [1.82, 2.24) is 20.2 Å². The molecule has 126 valence electrons. The quantitative estimate of drug-likeness (QED) is 0.876. The van der Waals surface area contributed by atoms with E-state index in [9.17, 15) is 14.0 Å². The molecule has 0 unspecified atom stereocenters. The number of nitrogens with one attached hydrogen (secondary N) is 2. The molecule has 0 aliphatic carbocycles. The molecule has 24 heavy (non-hydrogen) atoms. The fourth-order valence-corrected chi connectivity index (χ4v) is 2.85. The van der Waals surface area contributed by atoms with E-state index in [-0.39, 0.29) is 29.9 Å². The highest BCUT2D eigenvalue weighted by Gasteiger charge is 2.27. The fraction of sp³-hybridized carbons (Fsp3) is 0.353. The Morgan fingerprint density at radius 3 is 3.04 bits per heavy atom. The van der Waals surface area contributed by atoms with E-state index in [0.29, 0.717) is 36.3 Å². The molecule has 6 nitrogen and oxygen atoms in total. The summed E-state index contributed by atoms with van der Waals surface area (Å²) >= 11 is 0. The summed E-state index contributed by atoms with van der Waals surface area (Å²) in [6.45, 7) is 3.01. The number of rotatable bonds is 4. The SMILES string of the molecule is C[C@@H](C(=O)NCc1ccccc1F)N1CCc2c(nc[nH]c2=O)C1. The highest BCUT2D eigenvalue weighted by Crippen LogP contribution is 2.15. The molecular weight excluding hydrogens is 311 g/mol. The molecule has 0 spiro atoms. The van der Waals surface area contributed by atoms with E-state index in [0.717, 1.165) is 0 Å². The van der Waals surface area contributed by atoms with Crippen LogP contribution in [-0.2, 0) is 24.3 Å². The van der Waals surface area contributed by atoms with Crippen molar-refractivity contribution < 1.29 is 9.18 Å². The van der Waals surface area contributed by atoms with Gasteiger partial charge in [0.2, 0.25) is 5.91 Å². The van der Waals surface area contributed by atoms with Crippen LogP contribution in [-0.4, -0.2) is 33.4 Å². The van der Waals surface area contributed by atoms with Gasteiger partial charge in [0, 0.05) is 30.8 Å². The third kappa shape index (κ3) is 3.35. The number of fused-ring (bicyclic) bond motifs is 1. The molecule has 1 aliphatic rings. The number of H-pyrrole nitrogens is 1. The molecule has 2 aromatic rings. The van der Waals surface area contributed by atoms with Crippen LogP contribution in [0.1, 0.15) is 23.7 Å². The van der Waals surface area contributed by atoms with E-state index in [2.05, 4.69) is 15.3 Å². The van der Waals surface area contributed by atoms with Gasteiger partial charge >= 0.3 is 0 Å². The second-order valence-electron chi connectivity index (χ2n) is 5.86. The maximum atomic E-state index is 13.6. The normalized spacial score (nSPS) is 15.6. The van der Waals surface area contributed by atoms with Crippen molar-refractivity contribution in [1.29, 1.82) is 0 Å². The van der Waals surface area contributed by atoms with Gasteiger partial charge in [0.25, 0.3) is 5.56 Å². The third-order valence-electron chi connectivity index (χ3n) is 4.38. The summed E-state index contributed by atoms with van der Waals surface area (Å²) in [7, 11) is 0. The maximum Gasteiger partial charge on any atom is 0.254 e. The molecule has 1 aromatic carbocycles. The lowest BCUT2D eigenvalue weighted by Gasteiger charge is -2.31. The van der Waals surface area contributed by atoms with Gasteiger partial charge in [0.1, 0.15) is 5.82 Å². The van der Waals surface area contributed by atoms with Crippen LogP contribution in [0, 0.1) is 5.82 Å². The largest absolute Gasteiger partial charge is 0.351 e. The first-order chi connectivity index (χ1) is 11.6. The second kappa shape index (κ2) is 6.92. The molecule has 2 N–H and O–H groups in total. The van der Waals surface area contributed by atoms with Crippen molar-refractivity contribution in [2.24, 2.45) is 0 Å². The smallest absolute Gasteiger partial charge is 0.254 e. The number of carbonyl (C=O) groups is 1. The van der Waals surface area contributed by atoms with Gasteiger partial charge in [-0.05, 0) is 19.4 Å². The highest BCUT2D eigenvalue weighted by molar-refractivity contribution is 5.81. The van der Waals surface area contributed by atoms with Gasteiger partial charge in [-0.3, -0.25) is 14.5 Å². The van der Waals surface area contributed by atoms with E-state index in [1.165, 1.54) is 12.4 Å². The van der Waals surface area contributed by atoms with Crippen LogP contribution in [0.4, 0.5) is 4.39 Å². The lowest BCUT2D eigenvalue weighted by Crippen LogP contribution is -2.47. The molecule has 0 fully saturated rings. The van der Waals surface area contributed by atoms with Gasteiger partial charge < -0.3 is 10.3 Å². The molecule has 1 aromatic heterocycles. The van der Waals surface area contributed by atoms with Crippen LogP contribution in [0.5, 0.6) is 0 Å². The number of hydrogen-bond donors (Lipinski definition) is 2. The number of nitrogens with zero attached hydrogens (tertiary/aromatic N) is 2. The van der Waals surface area contributed by atoms with Gasteiger partial charge in [0.05, 0.1) is 18.1 Å². The molecule has 7 heteroatoms. The van der Waals surface area contributed by atoms with Gasteiger partial charge in [-0.25, -0.2) is 9.37 Å². The van der Waals surface area contributed by atoms with Crippen molar-refractivity contribution in [3.63, 3.8) is 0 Å². The Labute approximate surface area is 138 Å². The Morgan fingerprint density at radius 1 is 1.46 bits per heavy atom. The lowest BCUT2D eigenvalue weighted by atomic mass is 10.0. The summed E-state index contributed by atoms with van der Waals surface area (Å²) in [6.07, 6.45) is 1.94. The summed E-state index contributed by atoms with van der Waals surface area (Å²) < 4.78 is 13.6. The monoisotopic (exact) mass is 330 g/mol. The van der Waals surface area contributed by atoms with Crippen molar-refractivity contribution in [2.45, 2.75) is 32.5 Å². The lowest BCUT2D eigenvalue weighted by molar-refractivity contribution is -0.126. The van der Waals surface area contributed by atoms with Crippen LogP contribution in [0.15, 0.2) is 35.4 Å². The van der Waals surface area contributed by atoms with Crippen LogP contribution < -0.4 is 10.9 Å². The average molecular weight is 330 g/mol. The van der Waals surface area contributed by atoms with E-state index in [1.54, 1.807) is 25.1 Å². The summed E-state index contributed by atoms with van der Waals surface area (Å²) in [5.41, 5.74) is 1.73. The molecular formula is C17H19FN4O2. The molecule has 0 saturated carbocycles. The summed E-state index contributed by atoms with van der Waals surface area (Å²) in [6, 6.07) is 5.98. The zero-order valence-electron chi connectivity index (χ0n) is 13.4. The first-order valence-electron chi connectivity index (χ1n) is 7.87. The van der Waals surface area contributed by atoms with E-state index >= 15 is 0 Å². The molecule has 0 saturated heterocycles. The van der Waals surface area contributed by atoms with Crippen LogP contribution >= 0.6 is 0 Å². The number of hydrogen-bond acceptors (Lipinski definition) is 4. The minimum atomic E-state index is -0.383. The Kier molecular flexibility index (Phi) is 4.71. The Bertz CT molecular complexity index is 805. The Morgan fingerprint density at radius 2 is 2.25 bits per heavy atom. The molecule has 0 bridgehead atoms. The van der Waals surface area contributed by atoms with Gasteiger partial charge in [-0.15, -0.1) is 0 Å². The molecule has 1 atom stereocenters. The third-order valence-corrected chi connectivity index (χ3v) is 4.38. The van der Waals surface area contributed by atoms with Gasteiger partial charge in [-0.2, -0.15) is 0 Å². The number of halogens is 1. The minimum Gasteiger partial charge on any atom is -0.351 e. The van der Waals surface area contributed by atoms with Gasteiger partial charge in [0.15, 0.2) is 0 Å². The van der Waals surface area contributed by atoms with Crippen LogP contribution in [0.3, 0.4) is 0 Å². The predicted octanol–water partition coefficient (Wildman–Crippen LogP) is 0.972. The van der Waals surface area contributed by atoms with Crippen molar-refractivity contribution in [3.8, 4) is 0 Å². The zero-order valence-corrected chi connectivity index (χ0v) is 13.4. The van der Waals surface area contributed by atoms with Gasteiger partial charge in [-0.1, -0.05) is 18.2 Å². The Hall–Kier alpha value is -2.54. The first-order valence-corrected chi connectivity index (χ1v) is 7.87. The topological polar surface area (TPSA) is 78.1 Å². The molecule has 2 heterocycles. The summed E-state index contributed by atoms with van der Waals surface area (Å²) in [4.78, 5) is 32.8. The standard InChI is InChI=1S/C17H19FN4O2/c1-11(16(23)19-8-12-4-2-3-5-14(12)18)22-7-6-13-15(9-22)20-10-21-17(13)24/h2-5,10-11H,6-9H2,1H3,(H,19,23)(H,20,21,24)/t11-/m0/s1. The number of benzene rings is 1. The number of amides is 1. The van der Waals surface area contributed by atoms with E-state index in [1.807, 2.05) is 4.90 Å². The average Bonchev–Trinajstić information content (AvgIpc) is 2.60. The minimum absolute atomic E-state index is 0.115. The van der Waals surface area contributed by atoms with Crippen molar-refractivity contribution in [2.75, 3.05) is 6.54 Å². The molecule has 3 rings (SSSR count). The second-order valence-corrected chi connectivity index (χ2v) is 5.86. The first kappa shape index (κ1) is 16.3. The number of aromatic nitrogens is 2. The van der Waals surface area contributed by atoms with Crippen molar-refractivity contribution >= 4 is 5.91 Å². The number of aromatic amines is 1. The Balaban J connectivity index is 1.62.